The molecular weight excluding hydrogens is 454 g/mol. The molecule has 2 aromatic rings. The quantitative estimate of drug-likeness (QED) is 0.479. The number of thiophene rings is 1. The average molecular weight is 484 g/mol. The SMILES string of the molecule is O=C(C1CC(N(Cc2ccc([N+](=O)[O-])cc2)C2CC2)CN1C(=O)c1cccs1)N1CCNCC1. The van der Waals surface area contributed by atoms with Crippen molar-refractivity contribution in [2.45, 2.75) is 43.9 Å². The minimum Gasteiger partial charge on any atom is -0.338 e. The summed E-state index contributed by atoms with van der Waals surface area (Å²) in [6.07, 6.45) is 2.81. The summed E-state index contributed by atoms with van der Waals surface area (Å²) in [6.45, 7) is 4.04. The molecule has 1 saturated carbocycles. The number of non-ortho nitro benzene ring substituents is 1. The van der Waals surface area contributed by atoms with E-state index in [-0.39, 0.29) is 28.5 Å². The van der Waals surface area contributed by atoms with E-state index in [1.54, 1.807) is 29.2 Å². The second-order valence-electron chi connectivity index (χ2n) is 9.24. The molecule has 10 heteroatoms. The number of carbonyl (C=O) groups excluding carboxylic acids is 2. The lowest BCUT2D eigenvalue weighted by atomic mass is 10.1. The first-order valence-electron chi connectivity index (χ1n) is 11.8. The predicted octanol–water partition coefficient (Wildman–Crippen LogP) is 2.34. The monoisotopic (exact) mass is 483 g/mol. The zero-order chi connectivity index (χ0) is 23.7. The molecule has 9 nitrogen and oxygen atoms in total. The van der Waals surface area contributed by atoms with E-state index in [0.29, 0.717) is 43.5 Å². The summed E-state index contributed by atoms with van der Waals surface area (Å²) < 4.78 is 0. The van der Waals surface area contributed by atoms with Gasteiger partial charge in [-0.3, -0.25) is 24.6 Å². The van der Waals surface area contributed by atoms with Crippen LogP contribution in [0.3, 0.4) is 0 Å². The number of nitro groups is 1. The fourth-order valence-electron chi connectivity index (χ4n) is 5.05. The standard InChI is InChI=1S/C24H29N5O4S/c30-23(26-11-9-25-10-12-26)21-14-20(16-28(21)24(31)22-2-1-13-34-22)27(18-7-8-18)15-17-3-5-19(6-4-17)29(32)33/h1-6,13,18,20-21,25H,7-12,14-16H2. The van der Waals surface area contributed by atoms with Gasteiger partial charge >= 0.3 is 0 Å². The van der Waals surface area contributed by atoms with E-state index in [2.05, 4.69) is 10.2 Å². The molecule has 0 bridgehead atoms. The molecule has 2 atom stereocenters. The third-order valence-corrected chi connectivity index (χ3v) is 7.84. The lowest BCUT2D eigenvalue weighted by molar-refractivity contribution is -0.384. The number of nitrogens with one attached hydrogen (secondary N) is 1. The Labute approximate surface area is 202 Å². The van der Waals surface area contributed by atoms with E-state index in [9.17, 15) is 19.7 Å². The Hall–Kier alpha value is -2.82. The molecule has 34 heavy (non-hydrogen) atoms. The number of nitro benzene ring substituents is 1. The van der Waals surface area contributed by atoms with Gasteiger partial charge in [0.15, 0.2) is 0 Å². The highest BCUT2D eigenvalue weighted by atomic mass is 32.1. The van der Waals surface area contributed by atoms with Gasteiger partial charge in [0.1, 0.15) is 6.04 Å². The fourth-order valence-corrected chi connectivity index (χ4v) is 5.73. The maximum atomic E-state index is 13.5. The maximum absolute atomic E-state index is 13.5. The second kappa shape index (κ2) is 9.81. The highest BCUT2D eigenvalue weighted by molar-refractivity contribution is 7.12. The lowest BCUT2D eigenvalue weighted by Gasteiger charge is -2.32. The highest BCUT2D eigenvalue weighted by Gasteiger charge is 2.46. The summed E-state index contributed by atoms with van der Waals surface area (Å²) in [7, 11) is 0. The maximum Gasteiger partial charge on any atom is 0.269 e. The molecule has 2 unspecified atom stereocenters. The van der Waals surface area contributed by atoms with Gasteiger partial charge in [-0.2, -0.15) is 0 Å². The second-order valence-corrected chi connectivity index (χ2v) is 10.2. The van der Waals surface area contributed by atoms with Crippen LogP contribution in [0.15, 0.2) is 41.8 Å². The summed E-state index contributed by atoms with van der Waals surface area (Å²) in [5.41, 5.74) is 1.09. The first-order valence-corrected chi connectivity index (χ1v) is 12.7. The van der Waals surface area contributed by atoms with Crippen LogP contribution in [0, 0.1) is 10.1 Å². The first kappa shape index (κ1) is 22.9. The fraction of sp³-hybridized carbons (Fsp3) is 0.500. The summed E-state index contributed by atoms with van der Waals surface area (Å²) in [4.78, 5) is 44.3. The van der Waals surface area contributed by atoms with Crippen molar-refractivity contribution >= 4 is 28.8 Å². The summed E-state index contributed by atoms with van der Waals surface area (Å²) in [5, 5.41) is 16.2. The van der Waals surface area contributed by atoms with Crippen molar-refractivity contribution in [2.24, 2.45) is 0 Å². The van der Waals surface area contributed by atoms with E-state index < -0.39 is 6.04 Å². The zero-order valence-corrected chi connectivity index (χ0v) is 19.8. The Morgan fingerprint density at radius 2 is 1.85 bits per heavy atom. The van der Waals surface area contributed by atoms with Crippen LogP contribution in [0.1, 0.15) is 34.5 Å². The molecule has 0 spiro atoms. The van der Waals surface area contributed by atoms with Crippen LogP contribution in [-0.4, -0.2) is 82.3 Å². The van der Waals surface area contributed by atoms with E-state index in [0.717, 1.165) is 31.5 Å². The first-order chi connectivity index (χ1) is 16.5. The van der Waals surface area contributed by atoms with Crippen LogP contribution in [0.25, 0.3) is 0 Å². The molecule has 180 valence electrons. The number of piperazine rings is 1. The molecular formula is C24H29N5O4S. The van der Waals surface area contributed by atoms with Crippen LogP contribution in [-0.2, 0) is 11.3 Å². The van der Waals surface area contributed by atoms with Crippen molar-refractivity contribution in [1.82, 2.24) is 20.0 Å². The Morgan fingerprint density at radius 1 is 1.12 bits per heavy atom. The summed E-state index contributed by atoms with van der Waals surface area (Å²) in [5.74, 6) is -0.0305. The Balaban J connectivity index is 1.37. The smallest absolute Gasteiger partial charge is 0.269 e. The predicted molar refractivity (Wildman–Crippen MR) is 129 cm³/mol. The number of amides is 2. The van der Waals surface area contributed by atoms with Gasteiger partial charge in [-0.1, -0.05) is 18.2 Å². The average Bonchev–Trinajstić information content (AvgIpc) is 3.37. The van der Waals surface area contributed by atoms with Gasteiger partial charge in [-0.15, -0.1) is 11.3 Å². The van der Waals surface area contributed by atoms with Crippen molar-refractivity contribution in [3.8, 4) is 0 Å². The molecule has 1 aromatic carbocycles. The van der Waals surface area contributed by atoms with Crippen LogP contribution in [0.4, 0.5) is 5.69 Å². The van der Waals surface area contributed by atoms with Gasteiger partial charge in [0, 0.05) is 63.5 Å². The molecule has 2 amide bonds. The Kier molecular flexibility index (Phi) is 6.62. The minimum atomic E-state index is -0.462. The Bertz CT molecular complexity index is 1030. The minimum absolute atomic E-state index is 0.0417. The van der Waals surface area contributed by atoms with Crippen LogP contribution in [0.5, 0.6) is 0 Å². The molecule has 1 N–H and O–H groups in total. The topological polar surface area (TPSA) is 99.0 Å². The van der Waals surface area contributed by atoms with Gasteiger partial charge < -0.3 is 15.1 Å². The molecule has 2 aliphatic heterocycles. The number of hydrogen-bond donors (Lipinski definition) is 1. The molecule has 3 fully saturated rings. The van der Waals surface area contributed by atoms with E-state index >= 15 is 0 Å². The number of nitrogens with zero attached hydrogens (tertiary/aromatic N) is 4. The number of hydrogen-bond acceptors (Lipinski definition) is 7. The Morgan fingerprint density at radius 3 is 2.47 bits per heavy atom. The van der Waals surface area contributed by atoms with Crippen molar-refractivity contribution in [3.63, 3.8) is 0 Å². The third-order valence-electron chi connectivity index (χ3n) is 6.98. The van der Waals surface area contributed by atoms with Crippen molar-refractivity contribution in [3.05, 3.63) is 62.3 Å². The van der Waals surface area contributed by atoms with E-state index in [4.69, 9.17) is 0 Å². The molecule has 1 aliphatic carbocycles. The molecule has 1 aromatic heterocycles. The van der Waals surface area contributed by atoms with Crippen LogP contribution >= 0.6 is 11.3 Å². The van der Waals surface area contributed by atoms with Crippen molar-refractivity contribution < 1.29 is 14.5 Å². The molecule has 3 aliphatic rings. The normalized spacial score (nSPS) is 22.9. The zero-order valence-electron chi connectivity index (χ0n) is 19.0. The van der Waals surface area contributed by atoms with Crippen LogP contribution < -0.4 is 5.32 Å². The van der Waals surface area contributed by atoms with Crippen molar-refractivity contribution in [2.75, 3.05) is 32.7 Å². The van der Waals surface area contributed by atoms with Crippen molar-refractivity contribution in [1.29, 1.82) is 0 Å². The van der Waals surface area contributed by atoms with Crippen LogP contribution in [0.2, 0.25) is 0 Å². The van der Waals surface area contributed by atoms with E-state index in [1.807, 2.05) is 22.4 Å². The number of likely N-dealkylation sites (tertiary alicyclic amines) is 1. The molecule has 0 radical (unpaired) electrons. The molecule has 3 heterocycles. The summed E-state index contributed by atoms with van der Waals surface area (Å²) in [6, 6.07) is 10.4. The largest absolute Gasteiger partial charge is 0.338 e. The molecule has 5 rings (SSSR count). The molecule has 2 saturated heterocycles. The van der Waals surface area contributed by atoms with Gasteiger partial charge in [0.2, 0.25) is 5.91 Å². The van der Waals surface area contributed by atoms with Gasteiger partial charge in [-0.25, -0.2) is 0 Å². The third kappa shape index (κ3) is 4.84. The number of carbonyl (C=O) groups is 2. The highest BCUT2D eigenvalue weighted by Crippen LogP contribution is 2.36. The van der Waals surface area contributed by atoms with Gasteiger partial charge in [0.05, 0.1) is 9.80 Å². The number of rotatable bonds is 7. The van der Waals surface area contributed by atoms with Gasteiger partial charge in [0.25, 0.3) is 11.6 Å². The number of benzene rings is 1. The van der Waals surface area contributed by atoms with Gasteiger partial charge in [-0.05, 0) is 36.3 Å². The summed E-state index contributed by atoms with van der Waals surface area (Å²) >= 11 is 1.41. The van der Waals surface area contributed by atoms with E-state index in [1.165, 1.54) is 11.3 Å². The lowest BCUT2D eigenvalue weighted by Crippen LogP contribution is -2.53.